The number of ether oxygens (including phenoxy) is 6. The van der Waals surface area contributed by atoms with E-state index in [1.807, 2.05) is 53.6 Å². The molecule has 0 saturated carbocycles. The number of aliphatic hydroxyl groups is 1. The highest BCUT2D eigenvalue weighted by Crippen LogP contribution is 2.42. The Labute approximate surface area is 250 Å². The van der Waals surface area contributed by atoms with Gasteiger partial charge in [0.15, 0.2) is 18.0 Å². The summed E-state index contributed by atoms with van der Waals surface area (Å²) < 4.78 is 36.0. The summed E-state index contributed by atoms with van der Waals surface area (Å²) in [5, 5.41) is 11.3. The van der Waals surface area contributed by atoms with Crippen LogP contribution in [-0.4, -0.2) is 103 Å². The van der Waals surface area contributed by atoms with Crippen LogP contribution in [0.2, 0.25) is 0 Å². The van der Waals surface area contributed by atoms with Gasteiger partial charge in [0.2, 0.25) is 0 Å². The predicted molar refractivity (Wildman–Crippen MR) is 154 cm³/mol. The largest absolute Gasteiger partial charge is 0.509 e. The van der Waals surface area contributed by atoms with Crippen molar-refractivity contribution in [2.45, 2.75) is 135 Å². The lowest BCUT2D eigenvalue weighted by atomic mass is 9.74. The lowest BCUT2D eigenvalue weighted by Gasteiger charge is -2.47. The van der Waals surface area contributed by atoms with Crippen LogP contribution in [0, 0.1) is 23.7 Å². The Bertz CT molecular complexity index is 975. The van der Waals surface area contributed by atoms with Crippen LogP contribution in [0.3, 0.4) is 0 Å². The van der Waals surface area contributed by atoms with Crippen molar-refractivity contribution in [3.63, 3.8) is 0 Å². The first-order chi connectivity index (χ1) is 19.5. The molecule has 0 aromatic heterocycles. The molecule has 0 aromatic carbocycles. The average molecular weight is 600 g/mol. The molecule has 3 aliphatic heterocycles. The van der Waals surface area contributed by atoms with Crippen molar-refractivity contribution in [1.29, 1.82) is 0 Å². The highest BCUT2D eigenvalue weighted by atomic mass is 16.8. The number of carbonyl (C=O) groups excluding carboxylic acids is 3. The zero-order valence-electron chi connectivity index (χ0n) is 27.2. The average Bonchev–Trinajstić information content (AvgIpc) is 3.24. The van der Waals surface area contributed by atoms with Crippen LogP contribution in [0.4, 0.5) is 4.79 Å². The fraction of sp³-hybridized carbons (Fsp3) is 0.903. The van der Waals surface area contributed by atoms with Crippen LogP contribution in [0.1, 0.15) is 81.1 Å². The number of likely N-dealkylation sites (N-methyl/N-ethyl adjacent to an activating group) is 1. The topological polar surface area (TPSA) is 130 Å². The van der Waals surface area contributed by atoms with E-state index < -0.39 is 71.8 Å². The van der Waals surface area contributed by atoms with Crippen molar-refractivity contribution in [3.8, 4) is 0 Å². The van der Waals surface area contributed by atoms with Gasteiger partial charge in [0.05, 0.1) is 29.6 Å². The number of carbonyl (C=O) groups is 3. The van der Waals surface area contributed by atoms with E-state index in [1.165, 1.54) is 0 Å². The maximum Gasteiger partial charge on any atom is 0.509 e. The third-order valence-electron chi connectivity index (χ3n) is 9.73. The summed E-state index contributed by atoms with van der Waals surface area (Å²) in [4.78, 5) is 41.7. The van der Waals surface area contributed by atoms with Crippen LogP contribution >= 0.6 is 0 Å². The highest BCUT2D eigenvalue weighted by Gasteiger charge is 2.58. The number of cyclic esters (lactones) is 1. The number of hydrogen-bond donors (Lipinski definition) is 1. The number of fused-ring (bicyclic) bond motifs is 1. The molecule has 0 spiro atoms. The number of esters is 1. The Morgan fingerprint density at radius 3 is 2.21 bits per heavy atom. The van der Waals surface area contributed by atoms with Gasteiger partial charge in [-0.2, -0.15) is 0 Å². The van der Waals surface area contributed by atoms with Gasteiger partial charge in [0.1, 0.15) is 18.0 Å². The van der Waals surface area contributed by atoms with Gasteiger partial charge in [-0.1, -0.05) is 34.6 Å². The summed E-state index contributed by atoms with van der Waals surface area (Å²) in [6.07, 6.45) is -3.62. The summed E-state index contributed by atoms with van der Waals surface area (Å²) in [7, 11) is 5.40. The summed E-state index contributed by atoms with van der Waals surface area (Å²) in [6, 6.07) is -0.173. The normalized spacial score (nSPS) is 45.9. The van der Waals surface area contributed by atoms with Crippen molar-refractivity contribution in [2.24, 2.45) is 23.7 Å². The minimum absolute atomic E-state index is 0.138. The Morgan fingerprint density at radius 2 is 1.64 bits per heavy atom. The van der Waals surface area contributed by atoms with Crippen molar-refractivity contribution in [2.75, 3.05) is 21.2 Å². The van der Waals surface area contributed by atoms with Crippen LogP contribution in [0.5, 0.6) is 0 Å². The number of rotatable bonds is 5. The molecule has 3 fully saturated rings. The van der Waals surface area contributed by atoms with E-state index in [0.29, 0.717) is 19.3 Å². The second-order valence-electron chi connectivity index (χ2n) is 13.5. The van der Waals surface area contributed by atoms with Gasteiger partial charge < -0.3 is 38.4 Å². The number of methoxy groups -OCH3 is 1. The number of Topliss-reactive ketones (excluding diaryl/α,β-unsaturated/α-hetero) is 1. The molecule has 242 valence electrons. The van der Waals surface area contributed by atoms with Crippen LogP contribution in [-0.2, 0) is 38.0 Å². The van der Waals surface area contributed by atoms with Gasteiger partial charge in [-0.25, -0.2) is 4.79 Å². The SMILES string of the molecule is CC[C@H]1OC(=O)[C@H](C)C[C@H](C)[C@@H](O[C@@H]2O[C@H](C)C[C@H](N(C)C)[C@H]2O)[C@@](C)(OC)C[C@@H](C)C(=O)[C@H](C)C2OC(=O)O[C@@]21C. The Hall–Kier alpha value is -1.79. The van der Waals surface area contributed by atoms with Gasteiger partial charge in [0, 0.05) is 19.1 Å². The first-order valence-corrected chi connectivity index (χ1v) is 15.3. The molecule has 1 unspecified atom stereocenters. The molecule has 42 heavy (non-hydrogen) atoms. The molecule has 0 radical (unpaired) electrons. The minimum Gasteiger partial charge on any atom is -0.458 e. The molecule has 3 rings (SSSR count). The third kappa shape index (κ3) is 6.96. The molecule has 0 aromatic rings. The summed E-state index contributed by atoms with van der Waals surface area (Å²) in [5.74, 6) is -2.64. The standard InChI is InChI=1S/C31H53NO10/c1-12-22-31(8)26(41-29(36)42-31)20(6)23(33)18(4)15-30(7,37-11)25(16(2)13-17(3)27(35)39-22)40-28-24(34)21(32(9)10)14-19(5)38-28/h16-22,24-26,28,34H,12-15H2,1-11H3/t16-,17+,18+,19+,20-,21-,22+,24+,25+,26?,28-,30-,31+/m0/s1. The van der Waals surface area contributed by atoms with Gasteiger partial charge in [-0.05, 0) is 66.5 Å². The predicted octanol–water partition coefficient (Wildman–Crippen LogP) is 3.73. The third-order valence-corrected chi connectivity index (χ3v) is 9.73. The number of ketones is 1. The zero-order valence-corrected chi connectivity index (χ0v) is 27.2. The second kappa shape index (κ2) is 13.5. The summed E-state index contributed by atoms with van der Waals surface area (Å²) >= 11 is 0. The van der Waals surface area contributed by atoms with Crippen molar-refractivity contribution in [1.82, 2.24) is 4.90 Å². The molecule has 0 bridgehead atoms. The van der Waals surface area contributed by atoms with Crippen LogP contribution < -0.4 is 0 Å². The lowest BCUT2D eigenvalue weighted by Crippen LogP contribution is -2.58. The van der Waals surface area contributed by atoms with Crippen LogP contribution in [0.25, 0.3) is 0 Å². The van der Waals surface area contributed by atoms with Gasteiger partial charge >= 0.3 is 12.1 Å². The monoisotopic (exact) mass is 599 g/mol. The minimum atomic E-state index is -1.32. The van der Waals surface area contributed by atoms with Crippen LogP contribution in [0.15, 0.2) is 0 Å². The molecule has 1 N–H and O–H groups in total. The molecule has 11 heteroatoms. The fourth-order valence-electron chi connectivity index (χ4n) is 7.27. The van der Waals surface area contributed by atoms with Gasteiger partial charge in [-0.15, -0.1) is 0 Å². The van der Waals surface area contributed by atoms with E-state index in [1.54, 1.807) is 27.9 Å². The molecule has 3 saturated heterocycles. The Morgan fingerprint density at radius 1 is 1.00 bits per heavy atom. The molecule has 3 heterocycles. The molecule has 11 nitrogen and oxygen atoms in total. The molecule has 0 aliphatic carbocycles. The quantitative estimate of drug-likeness (QED) is 0.464. The van der Waals surface area contributed by atoms with Crippen molar-refractivity contribution < 1.29 is 47.9 Å². The molecule has 3 aliphatic rings. The fourth-order valence-corrected chi connectivity index (χ4v) is 7.27. The second-order valence-corrected chi connectivity index (χ2v) is 13.5. The van der Waals surface area contributed by atoms with E-state index in [9.17, 15) is 19.5 Å². The van der Waals surface area contributed by atoms with Crippen molar-refractivity contribution >= 4 is 17.9 Å². The van der Waals surface area contributed by atoms with Crippen molar-refractivity contribution in [3.05, 3.63) is 0 Å². The maximum absolute atomic E-state index is 13.9. The molecule has 13 atom stereocenters. The number of aliphatic hydroxyl groups excluding tert-OH is 1. The molecular formula is C31H53NO10. The Balaban J connectivity index is 2.03. The molecule has 0 amide bonds. The smallest absolute Gasteiger partial charge is 0.458 e. The van der Waals surface area contributed by atoms with E-state index in [2.05, 4.69) is 0 Å². The zero-order chi connectivity index (χ0) is 31.7. The molecular weight excluding hydrogens is 546 g/mol. The first-order valence-electron chi connectivity index (χ1n) is 15.3. The highest BCUT2D eigenvalue weighted by molar-refractivity contribution is 5.84. The first kappa shape index (κ1) is 34.7. The van der Waals surface area contributed by atoms with Gasteiger partial charge in [-0.3, -0.25) is 9.59 Å². The van der Waals surface area contributed by atoms with E-state index >= 15 is 0 Å². The lowest BCUT2D eigenvalue weighted by molar-refractivity contribution is -0.297. The van der Waals surface area contributed by atoms with E-state index in [0.717, 1.165) is 0 Å². The van der Waals surface area contributed by atoms with E-state index in [-0.39, 0.29) is 30.3 Å². The Kier molecular flexibility index (Phi) is 11.1. The number of hydrogen-bond acceptors (Lipinski definition) is 11. The number of nitrogens with zero attached hydrogens (tertiary/aromatic N) is 1. The van der Waals surface area contributed by atoms with Gasteiger partial charge in [0.25, 0.3) is 0 Å². The summed E-state index contributed by atoms with van der Waals surface area (Å²) in [6.45, 7) is 14.6. The maximum atomic E-state index is 13.9. The summed E-state index contributed by atoms with van der Waals surface area (Å²) in [5.41, 5.74) is -2.33. The van der Waals surface area contributed by atoms with E-state index in [4.69, 9.17) is 28.4 Å².